The van der Waals surface area contributed by atoms with E-state index in [0.717, 1.165) is 11.1 Å². The molecule has 0 aliphatic rings. The summed E-state index contributed by atoms with van der Waals surface area (Å²) in [5, 5.41) is 0. The van der Waals surface area contributed by atoms with Crippen molar-refractivity contribution in [3.05, 3.63) is 59.7 Å². The zero-order chi connectivity index (χ0) is 25.5. The number of carbonyl (C=O) groups is 2. The summed E-state index contributed by atoms with van der Waals surface area (Å²) in [6.07, 6.45) is 6.29. The summed E-state index contributed by atoms with van der Waals surface area (Å²) in [7, 11) is 3.11. The van der Waals surface area contributed by atoms with E-state index in [2.05, 4.69) is 0 Å². The lowest BCUT2D eigenvalue weighted by Crippen LogP contribution is -2.08. The van der Waals surface area contributed by atoms with Crippen LogP contribution in [0.15, 0.2) is 48.6 Å². The smallest absolute Gasteiger partial charge is 0.330 e. The van der Waals surface area contributed by atoms with E-state index < -0.39 is 11.9 Å². The first-order chi connectivity index (χ1) is 17.0. The molecule has 8 heteroatoms. The second kappa shape index (κ2) is 15.1. The molecule has 0 N–H and O–H groups in total. The standard InChI is InChI=1S/C27H32O8/c1-5-32-22-12-8-20(18-24(22)30-3)10-14-26(28)34-16-7-17-35-27(29)15-11-21-9-13-23(33-6-2)25(19-21)31-4/h8-15,18-19H,5-7,16-17H2,1-4H3/b14-10+,15-11+. The molecule has 0 heterocycles. The Balaban J connectivity index is 1.71. The van der Waals surface area contributed by atoms with Crippen molar-refractivity contribution < 1.29 is 38.0 Å². The van der Waals surface area contributed by atoms with Crippen LogP contribution < -0.4 is 18.9 Å². The monoisotopic (exact) mass is 484 g/mol. The molecule has 0 saturated heterocycles. The van der Waals surface area contributed by atoms with Gasteiger partial charge in [-0.3, -0.25) is 0 Å². The Morgan fingerprint density at radius 3 is 1.49 bits per heavy atom. The van der Waals surface area contributed by atoms with Gasteiger partial charge in [0.15, 0.2) is 23.0 Å². The van der Waals surface area contributed by atoms with Gasteiger partial charge in [0, 0.05) is 18.6 Å². The van der Waals surface area contributed by atoms with Gasteiger partial charge in [-0.05, 0) is 61.4 Å². The molecular formula is C27H32O8. The summed E-state index contributed by atoms with van der Waals surface area (Å²) < 4.78 is 31.8. The Hall–Kier alpha value is -3.94. The van der Waals surface area contributed by atoms with Gasteiger partial charge in [0.25, 0.3) is 0 Å². The second-order valence-corrected chi connectivity index (χ2v) is 7.04. The van der Waals surface area contributed by atoms with Crippen molar-refractivity contribution in [2.75, 3.05) is 40.6 Å². The quantitative estimate of drug-likeness (QED) is 0.216. The highest BCUT2D eigenvalue weighted by molar-refractivity contribution is 5.87. The minimum absolute atomic E-state index is 0.128. The van der Waals surface area contributed by atoms with E-state index in [9.17, 15) is 9.59 Å². The molecule has 35 heavy (non-hydrogen) atoms. The third-order valence-corrected chi connectivity index (χ3v) is 4.58. The normalized spacial score (nSPS) is 10.9. The molecule has 8 nitrogen and oxygen atoms in total. The van der Waals surface area contributed by atoms with Crippen LogP contribution in [-0.4, -0.2) is 52.6 Å². The summed E-state index contributed by atoms with van der Waals surface area (Å²) in [5.41, 5.74) is 1.54. The average molecular weight is 485 g/mol. The second-order valence-electron chi connectivity index (χ2n) is 7.04. The fourth-order valence-corrected chi connectivity index (χ4v) is 2.95. The minimum atomic E-state index is -0.492. The Labute approximate surface area is 206 Å². The lowest BCUT2D eigenvalue weighted by molar-refractivity contribution is -0.140. The summed E-state index contributed by atoms with van der Waals surface area (Å²) in [4.78, 5) is 23.8. The van der Waals surface area contributed by atoms with Gasteiger partial charge in [-0.25, -0.2) is 9.59 Å². The predicted octanol–water partition coefficient (Wildman–Crippen LogP) is 4.70. The van der Waals surface area contributed by atoms with Crippen LogP contribution in [0.5, 0.6) is 23.0 Å². The molecule has 0 atom stereocenters. The van der Waals surface area contributed by atoms with Crippen LogP contribution in [0.3, 0.4) is 0 Å². The summed E-state index contributed by atoms with van der Waals surface area (Å²) >= 11 is 0. The molecule has 0 amide bonds. The van der Waals surface area contributed by atoms with E-state index >= 15 is 0 Å². The summed E-state index contributed by atoms with van der Waals surface area (Å²) in [6.45, 7) is 5.10. The molecule has 0 unspecified atom stereocenters. The van der Waals surface area contributed by atoms with Crippen molar-refractivity contribution in [1.29, 1.82) is 0 Å². The molecule has 0 aliphatic heterocycles. The molecule has 2 aromatic carbocycles. The third kappa shape index (κ3) is 9.44. The van der Waals surface area contributed by atoms with Gasteiger partial charge >= 0.3 is 11.9 Å². The van der Waals surface area contributed by atoms with Crippen LogP contribution in [0.4, 0.5) is 0 Å². The molecule has 0 bridgehead atoms. The fraction of sp³-hybridized carbons (Fsp3) is 0.333. The van der Waals surface area contributed by atoms with Crippen LogP contribution in [-0.2, 0) is 19.1 Å². The Morgan fingerprint density at radius 2 is 1.11 bits per heavy atom. The molecular weight excluding hydrogens is 452 g/mol. The number of esters is 2. The first-order valence-electron chi connectivity index (χ1n) is 11.3. The van der Waals surface area contributed by atoms with E-state index in [4.69, 9.17) is 28.4 Å². The molecule has 0 radical (unpaired) electrons. The first-order valence-corrected chi connectivity index (χ1v) is 11.3. The van der Waals surface area contributed by atoms with Gasteiger partial charge in [0.05, 0.1) is 40.6 Å². The zero-order valence-corrected chi connectivity index (χ0v) is 20.6. The highest BCUT2D eigenvalue weighted by Crippen LogP contribution is 2.29. The lowest BCUT2D eigenvalue weighted by Gasteiger charge is -2.09. The minimum Gasteiger partial charge on any atom is -0.493 e. The number of carbonyl (C=O) groups excluding carboxylic acids is 2. The Morgan fingerprint density at radius 1 is 0.686 bits per heavy atom. The SMILES string of the molecule is CCOc1ccc(/C=C/C(=O)OCCCOC(=O)/C=C/c2ccc(OCC)c(OC)c2)cc1OC. The van der Waals surface area contributed by atoms with Crippen molar-refractivity contribution in [2.24, 2.45) is 0 Å². The van der Waals surface area contributed by atoms with E-state index in [-0.39, 0.29) is 13.2 Å². The highest BCUT2D eigenvalue weighted by Gasteiger charge is 2.06. The van der Waals surface area contributed by atoms with Crippen LogP contribution in [0, 0.1) is 0 Å². The lowest BCUT2D eigenvalue weighted by atomic mass is 10.2. The maximum atomic E-state index is 11.9. The zero-order valence-electron chi connectivity index (χ0n) is 20.6. The number of rotatable bonds is 14. The van der Waals surface area contributed by atoms with Crippen LogP contribution in [0.1, 0.15) is 31.4 Å². The molecule has 188 valence electrons. The first kappa shape index (κ1) is 27.3. The van der Waals surface area contributed by atoms with Gasteiger partial charge < -0.3 is 28.4 Å². The maximum absolute atomic E-state index is 11.9. The van der Waals surface area contributed by atoms with Crippen molar-refractivity contribution in [2.45, 2.75) is 20.3 Å². The van der Waals surface area contributed by atoms with E-state index in [1.807, 2.05) is 26.0 Å². The molecule has 0 saturated carbocycles. The van der Waals surface area contributed by atoms with Gasteiger partial charge in [-0.15, -0.1) is 0 Å². The molecule has 2 aromatic rings. The third-order valence-electron chi connectivity index (χ3n) is 4.58. The number of hydrogen-bond acceptors (Lipinski definition) is 8. The van der Waals surface area contributed by atoms with E-state index in [0.29, 0.717) is 42.6 Å². The number of benzene rings is 2. The van der Waals surface area contributed by atoms with E-state index in [1.54, 1.807) is 50.6 Å². The number of methoxy groups -OCH3 is 2. The maximum Gasteiger partial charge on any atom is 0.330 e. The largest absolute Gasteiger partial charge is 0.493 e. The molecule has 0 aliphatic carbocycles. The average Bonchev–Trinajstić information content (AvgIpc) is 2.87. The van der Waals surface area contributed by atoms with Gasteiger partial charge in [0.1, 0.15) is 0 Å². The van der Waals surface area contributed by atoms with Crippen molar-refractivity contribution in [3.8, 4) is 23.0 Å². The van der Waals surface area contributed by atoms with Gasteiger partial charge in [-0.2, -0.15) is 0 Å². The molecule has 0 aromatic heterocycles. The van der Waals surface area contributed by atoms with Crippen molar-refractivity contribution in [3.63, 3.8) is 0 Å². The van der Waals surface area contributed by atoms with Crippen LogP contribution >= 0.6 is 0 Å². The number of ether oxygens (including phenoxy) is 6. The predicted molar refractivity (Wildman–Crippen MR) is 133 cm³/mol. The topological polar surface area (TPSA) is 89.5 Å². The Bertz CT molecular complexity index is 944. The van der Waals surface area contributed by atoms with Gasteiger partial charge in [0.2, 0.25) is 0 Å². The van der Waals surface area contributed by atoms with Crippen LogP contribution in [0.2, 0.25) is 0 Å². The highest BCUT2D eigenvalue weighted by atomic mass is 16.5. The van der Waals surface area contributed by atoms with Crippen molar-refractivity contribution in [1.82, 2.24) is 0 Å². The van der Waals surface area contributed by atoms with Crippen molar-refractivity contribution >= 4 is 24.1 Å². The molecule has 0 spiro atoms. The number of hydrogen-bond donors (Lipinski definition) is 0. The van der Waals surface area contributed by atoms with Gasteiger partial charge in [-0.1, -0.05) is 12.1 Å². The van der Waals surface area contributed by atoms with Crippen LogP contribution in [0.25, 0.3) is 12.2 Å². The Kier molecular flexibility index (Phi) is 11.7. The van der Waals surface area contributed by atoms with E-state index in [1.165, 1.54) is 12.2 Å². The molecule has 0 fully saturated rings. The summed E-state index contributed by atoms with van der Waals surface area (Å²) in [5.74, 6) is 1.46. The molecule has 2 rings (SSSR count). The summed E-state index contributed by atoms with van der Waals surface area (Å²) in [6, 6.07) is 10.7. The fourth-order valence-electron chi connectivity index (χ4n) is 2.95.